The largest absolute Gasteiger partial charge is 2.00 e. The van der Waals surface area contributed by atoms with Crippen molar-refractivity contribution in [2.24, 2.45) is 0 Å². The summed E-state index contributed by atoms with van der Waals surface area (Å²) in [5.74, 6) is 0. The second kappa shape index (κ2) is 6.70. The maximum atomic E-state index is 3.60. The molecular formula is C9H12Ni. The number of rotatable bonds is 1. The van der Waals surface area contributed by atoms with Crippen LogP contribution >= 0.6 is 0 Å². The Labute approximate surface area is 73.6 Å². The van der Waals surface area contributed by atoms with E-state index >= 15 is 0 Å². The van der Waals surface area contributed by atoms with Crippen LogP contribution in [0.2, 0.25) is 0 Å². The van der Waals surface area contributed by atoms with Gasteiger partial charge in [0, 0.05) is 0 Å². The van der Waals surface area contributed by atoms with Crippen LogP contribution < -0.4 is 0 Å². The topological polar surface area (TPSA) is 0 Å². The summed E-state index contributed by atoms with van der Waals surface area (Å²) < 4.78 is 0. The third kappa shape index (κ3) is 3.58. The van der Waals surface area contributed by atoms with Gasteiger partial charge in [0.2, 0.25) is 0 Å². The summed E-state index contributed by atoms with van der Waals surface area (Å²) >= 11 is 0. The first-order valence-corrected chi connectivity index (χ1v) is 2.75. The zero-order chi connectivity index (χ0) is 5.82. The summed E-state index contributed by atoms with van der Waals surface area (Å²) in [6.07, 6.45) is 11.2. The van der Waals surface area contributed by atoms with Crippen LogP contribution in [0.5, 0.6) is 0 Å². The molecule has 10 heavy (non-hydrogen) atoms. The van der Waals surface area contributed by atoms with Gasteiger partial charge in [0.25, 0.3) is 0 Å². The summed E-state index contributed by atoms with van der Waals surface area (Å²) in [7, 11) is 0. The number of hydrogen-bond donors (Lipinski definition) is 0. The van der Waals surface area contributed by atoms with Gasteiger partial charge in [-0.05, 0) is 6.42 Å². The normalized spacial score (nSPS) is 14.2. The minimum Gasteiger partial charge on any atom is -0.358 e. The zero-order valence-electron chi connectivity index (χ0n) is 6.12. The molecule has 0 N–H and O–H groups in total. The van der Waals surface area contributed by atoms with Crippen LogP contribution in [-0.4, -0.2) is 0 Å². The molecule has 0 nitrogen and oxygen atoms in total. The van der Waals surface area contributed by atoms with Gasteiger partial charge in [0.15, 0.2) is 0 Å². The summed E-state index contributed by atoms with van der Waals surface area (Å²) in [4.78, 5) is 0. The zero-order valence-corrected chi connectivity index (χ0v) is 7.10. The summed E-state index contributed by atoms with van der Waals surface area (Å²) in [5.41, 5.74) is 1.35. The number of allylic oxidation sites excluding steroid dienone is 6. The van der Waals surface area contributed by atoms with Crippen LogP contribution in [0.4, 0.5) is 0 Å². The predicted molar refractivity (Wildman–Crippen MR) is 42.8 cm³/mol. The van der Waals surface area contributed by atoms with E-state index in [1.54, 1.807) is 0 Å². The fourth-order valence-corrected chi connectivity index (χ4v) is 0.739. The second-order valence-electron chi connectivity index (χ2n) is 1.78. The molecule has 0 atom stereocenters. The van der Waals surface area contributed by atoms with E-state index in [1.807, 2.05) is 12.2 Å². The maximum absolute atomic E-state index is 3.60. The minimum atomic E-state index is 0. The third-order valence-corrected chi connectivity index (χ3v) is 1.13. The van der Waals surface area contributed by atoms with E-state index in [-0.39, 0.29) is 23.9 Å². The van der Waals surface area contributed by atoms with Crippen LogP contribution in [0.1, 0.15) is 6.42 Å². The van der Waals surface area contributed by atoms with Crippen molar-refractivity contribution in [2.75, 3.05) is 0 Å². The molecule has 0 spiro atoms. The van der Waals surface area contributed by atoms with Crippen molar-refractivity contribution < 1.29 is 16.5 Å². The van der Waals surface area contributed by atoms with Gasteiger partial charge in [-0.15, -0.1) is 5.57 Å². The Morgan fingerprint density at radius 2 is 2.20 bits per heavy atom. The molecule has 0 radical (unpaired) electrons. The van der Waals surface area contributed by atoms with Crippen molar-refractivity contribution in [1.82, 2.24) is 0 Å². The average Bonchev–Trinajstić information content (AvgIpc) is 2.19. The quantitative estimate of drug-likeness (QED) is 0.428. The first kappa shape index (κ1) is 12.3. The molecule has 0 fully saturated rings. The van der Waals surface area contributed by atoms with Crippen molar-refractivity contribution in [3.8, 4) is 0 Å². The Morgan fingerprint density at radius 1 is 1.50 bits per heavy atom. The first-order valence-electron chi connectivity index (χ1n) is 2.75. The number of hydrogen-bond acceptors (Lipinski definition) is 0. The van der Waals surface area contributed by atoms with E-state index in [9.17, 15) is 0 Å². The smallest absolute Gasteiger partial charge is 0.358 e. The van der Waals surface area contributed by atoms with Crippen molar-refractivity contribution in [3.05, 3.63) is 50.3 Å². The van der Waals surface area contributed by atoms with Crippen molar-refractivity contribution in [3.63, 3.8) is 0 Å². The molecule has 1 aliphatic rings. The van der Waals surface area contributed by atoms with E-state index in [0.29, 0.717) is 0 Å². The van der Waals surface area contributed by atoms with Crippen LogP contribution in [0.25, 0.3) is 0 Å². The van der Waals surface area contributed by atoms with Gasteiger partial charge in [-0.25, -0.2) is 19.1 Å². The SMILES string of the molecule is [CH2-]C=CC1=CC=CC1.[CH3-].[Ni+2]. The molecule has 58 valence electrons. The van der Waals surface area contributed by atoms with Gasteiger partial charge in [-0.3, -0.25) is 0 Å². The molecule has 1 aliphatic carbocycles. The molecule has 0 aliphatic heterocycles. The Balaban J connectivity index is 0. The standard InChI is InChI=1S/C8H9.CH3.Ni/c1-2-5-8-6-3-4-7-8;;/h2-6H,1,7H2;1H3;/q2*-1;+2. The Kier molecular flexibility index (Phi) is 8.23. The molecule has 1 heteroatoms. The molecule has 0 unspecified atom stereocenters. The Bertz CT molecular complexity index is 152. The molecule has 0 aromatic rings. The summed E-state index contributed by atoms with van der Waals surface area (Å²) in [5, 5.41) is 0. The molecule has 0 amide bonds. The maximum Gasteiger partial charge on any atom is 2.00 e. The van der Waals surface area contributed by atoms with Crippen LogP contribution in [0.15, 0.2) is 36.0 Å². The van der Waals surface area contributed by atoms with Gasteiger partial charge in [-0.2, -0.15) is 0 Å². The van der Waals surface area contributed by atoms with E-state index in [2.05, 4.69) is 25.2 Å². The van der Waals surface area contributed by atoms with Crippen LogP contribution in [0, 0.1) is 14.4 Å². The molecular weight excluding hydrogens is 167 g/mol. The monoisotopic (exact) mass is 178 g/mol. The van der Waals surface area contributed by atoms with Crippen molar-refractivity contribution >= 4 is 0 Å². The van der Waals surface area contributed by atoms with E-state index in [1.165, 1.54) is 5.57 Å². The van der Waals surface area contributed by atoms with E-state index < -0.39 is 0 Å². The third-order valence-electron chi connectivity index (χ3n) is 1.13. The minimum absolute atomic E-state index is 0. The van der Waals surface area contributed by atoms with Crippen LogP contribution in [-0.2, 0) is 16.5 Å². The Morgan fingerprint density at radius 3 is 2.60 bits per heavy atom. The van der Waals surface area contributed by atoms with Gasteiger partial charge in [-0.1, -0.05) is 18.2 Å². The predicted octanol–water partition coefficient (Wildman–Crippen LogP) is 2.71. The Hall–Kier alpha value is -0.416. The molecule has 1 rings (SSSR count). The molecule has 0 saturated carbocycles. The molecule has 0 aromatic carbocycles. The summed E-state index contributed by atoms with van der Waals surface area (Å²) in [6, 6.07) is 0. The fourth-order valence-electron chi connectivity index (χ4n) is 0.739. The van der Waals surface area contributed by atoms with Gasteiger partial charge in [0.05, 0.1) is 0 Å². The molecule has 0 bridgehead atoms. The van der Waals surface area contributed by atoms with Crippen molar-refractivity contribution in [1.29, 1.82) is 0 Å². The fraction of sp³-hybridized carbons (Fsp3) is 0.111. The van der Waals surface area contributed by atoms with E-state index in [4.69, 9.17) is 0 Å². The molecule has 0 heterocycles. The van der Waals surface area contributed by atoms with Gasteiger partial charge >= 0.3 is 16.5 Å². The average molecular weight is 179 g/mol. The molecule has 0 aromatic heterocycles. The van der Waals surface area contributed by atoms with Crippen LogP contribution in [0.3, 0.4) is 0 Å². The second-order valence-corrected chi connectivity index (χ2v) is 1.78. The van der Waals surface area contributed by atoms with Crippen molar-refractivity contribution in [2.45, 2.75) is 6.42 Å². The summed E-state index contributed by atoms with van der Waals surface area (Å²) in [6.45, 7) is 3.60. The van der Waals surface area contributed by atoms with E-state index in [0.717, 1.165) is 6.42 Å². The van der Waals surface area contributed by atoms with Gasteiger partial charge in [0.1, 0.15) is 0 Å². The first-order chi connectivity index (χ1) is 3.93. The molecule has 0 saturated heterocycles. The van der Waals surface area contributed by atoms with Gasteiger partial charge < -0.3 is 7.43 Å².